The number of ether oxygens (including phenoxy) is 2. The minimum absolute atomic E-state index is 0.661. The Morgan fingerprint density at radius 2 is 1.71 bits per heavy atom. The molecule has 0 N–H and O–H groups in total. The van der Waals surface area contributed by atoms with Crippen molar-refractivity contribution in [2.45, 2.75) is 13.8 Å². The van der Waals surface area contributed by atoms with Crippen molar-refractivity contribution in [2.24, 2.45) is 0 Å². The van der Waals surface area contributed by atoms with Crippen LogP contribution in [-0.2, 0) is 0 Å². The third-order valence-corrected chi connectivity index (χ3v) is 2.44. The summed E-state index contributed by atoms with van der Waals surface area (Å²) in [6, 6.07) is 15.6. The van der Waals surface area contributed by atoms with Crippen molar-refractivity contribution >= 4 is 0 Å². The lowest BCUT2D eigenvalue weighted by Gasteiger charge is -2.10. The Hall–Kier alpha value is -1.96. The monoisotopic (exact) mass is 228 g/mol. The van der Waals surface area contributed by atoms with Crippen LogP contribution in [0.15, 0.2) is 48.5 Å². The molecule has 0 unspecified atom stereocenters. The third-order valence-electron chi connectivity index (χ3n) is 2.44. The Balaban J connectivity index is 2.22. The molecule has 17 heavy (non-hydrogen) atoms. The second-order valence-corrected chi connectivity index (χ2v) is 3.78. The minimum atomic E-state index is 0.661. The second-order valence-electron chi connectivity index (χ2n) is 3.78. The van der Waals surface area contributed by atoms with Gasteiger partial charge in [0, 0.05) is 6.07 Å². The van der Waals surface area contributed by atoms with Crippen LogP contribution in [0.5, 0.6) is 17.2 Å². The first-order chi connectivity index (χ1) is 8.29. The first kappa shape index (κ1) is 11.5. The highest BCUT2D eigenvalue weighted by Gasteiger charge is 2.03. The predicted octanol–water partition coefficient (Wildman–Crippen LogP) is 4.19. The molecule has 0 heterocycles. The number of hydrogen-bond donors (Lipinski definition) is 0. The zero-order valence-electron chi connectivity index (χ0n) is 10.1. The second kappa shape index (κ2) is 5.39. The molecule has 2 rings (SSSR count). The maximum Gasteiger partial charge on any atom is 0.134 e. The van der Waals surface area contributed by atoms with Crippen molar-refractivity contribution in [1.29, 1.82) is 0 Å². The van der Waals surface area contributed by atoms with Gasteiger partial charge in [0.25, 0.3) is 0 Å². The maximum atomic E-state index is 5.82. The van der Waals surface area contributed by atoms with Gasteiger partial charge in [0.05, 0.1) is 6.61 Å². The summed E-state index contributed by atoms with van der Waals surface area (Å²) in [5.41, 5.74) is 1.09. The Morgan fingerprint density at radius 1 is 0.941 bits per heavy atom. The molecule has 0 saturated heterocycles. The van der Waals surface area contributed by atoms with Crippen molar-refractivity contribution < 1.29 is 9.47 Å². The Bertz CT molecular complexity index is 478. The van der Waals surface area contributed by atoms with Crippen LogP contribution < -0.4 is 9.47 Å². The molecule has 0 bridgehead atoms. The molecule has 0 saturated carbocycles. The van der Waals surface area contributed by atoms with Gasteiger partial charge in [-0.05, 0) is 37.6 Å². The summed E-state index contributed by atoms with van der Waals surface area (Å²) in [6.07, 6.45) is 0. The SMILES string of the molecule is CCOc1ccc(C)c(Oc2ccccc2)c1. The molecule has 2 heteroatoms. The zero-order chi connectivity index (χ0) is 12.1. The standard InChI is InChI=1S/C15H16O2/c1-3-16-14-10-9-12(2)15(11-14)17-13-7-5-4-6-8-13/h4-11H,3H2,1-2H3. The molecule has 2 aromatic carbocycles. The number of benzene rings is 2. The quantitative estimate of drug-likeness (QED) is 0.781. The van der Waals surface area contributed by atoms with Gasteiger partial charge in [0.2, 0.25) is 0 Å². The van der Waals surface area contributed by atoms with Gasteiger partial charge >= 0.3 is 0 Å². The van der Waals surface area contributed by atoms with Gasteiger partial charge in [-0.2, -0.15) is 0 Å². The first-order valence-corrected chi connectivity index (χ1v) is 5.76. The lowest BCUT2D eigenvalue weighted by Crippen LogP contribution is -1.93. The molecule has 88 valence electrons. The van der Waals surface area contributed by atoms with Crippen LogP contribution in [0.2, 0.25) is 0 Å². The molecule has 0 amide bonds. The molecule has 0 atom stereocenters. The molecule has 0 aliphatic heterocycles. The molecule has 0 fully saturated rings. The molecule has 0 radical (unpaired) electrons. The van der Waals surface area contributed by atoms with Crippen molar-refractivity contribution in [3.05, 3.63) is 54.1 Å². The fourth-order valence-electron chi connectivity index (χ4n) is 1.56. The minimum Gasteiger partial charge on any atom is -0.494 e. The van der Waals surface area contributed by atoms with E-state index in [0.717, 1.165) is 22.8 Å². The summed E-state index contributed by atoms with van der Waals surface area (Å²) in [5.74, 6) is 2.51. The Kier molecular flexibility index (Phi) is 3.66. The van der Waals surface area contributed by atoms with E-state index in [-0.39, 0.29) is 0 Å². The van der Waals surface area contributed by atoms with Crippen molar-refractivity contribution in [3.63, 3.8) is 0 Å². The summed E-state index contributed by atoms with van der Waals surface area (Å²) in [7, 11) is 0. The number of hydrogen-bond acceptors (Lipinski definition) is 2. The number of rotatable bonds is 4. The fourth-order valence-corrected chi connectivity index (χ4v) is 1.56. The van der Waals surface area contributed by atoms with Crippen LogP contribution in [0, 0.1) is 6.92 Å². The van der Waals surface area contributed by atoms with Crippen LogP contribution in [0.1, 0.15) is 12.5 Å². The van der Waals surface area contributed by atoms with Crippen LogP contribution in [0.4, 0.5) is 0 Å². The van der Waals surface area contributed by atoms with E-state index in [0.29, 0.717) is 6.61 Å². The Labute approximate surface area is 102 Å². The average molecular weight is 228 g/mol. The lowest BCUT2D eigenvalue weighted by atomic mass is 10.2. The van der Waals surface area contributed by atoms with E-state index in [9.17, 15) is 0 Å². The van der Waals surface area contributed by atoms with Crippen LogP contribution >= 0.6 is 0 Å². The topological polar surface area (TPSA) is 18.5 Å². The zero-order valence-corrected chi connectivity index (χ0v) is 10.1. The van der Waals surface area contributed by atoms with E-state index >= 15 is 0 Å². The molecule has 0 aromatic heterocycles. The molecule has 2 aromatic rings. The fraction of sp³-hybridized carbons (Fsp3) is 0.200. The van der Waals surface area contributed by atoms with Crippen LogP contribution in [-0.4, -0.2) is 6.61 Å². The van der Waals surface area contributed by atoms with Gasteiger partial charge in [0.15, 0.2) is 0 Å². The van der Waals surface area contributed by atoms with Gasteiger partial charge in [-0.3, -0.25) is 0 Å². The van der Waals surface area contributed by atoms with E-state index in [1.54, 1.807) is 0 Å². The van der Waals surface area contributed by atoms with Gasteiger partial charge in [0.1, 0.15) is 17.2 Å². The lowest BCUT2D eigenvalue weighted by molar-refractivity contribution is 0.338. The summed E-state index contributed by atoms with van der Waals surface area (Å²) in [5, 5.41) is 0. The molecule has 0 aliphatic rings. The first-order valence-electron chi connectivity index (χ1n) is 5.76. The molecule has 0 aliphatic carbocycles. The van der Waals surface area contributed by atoms with Gasteiger partial charge in [-0.25, -0.2) is 0 Å². The molecular weight excluding hydrogens is 212 g/mol. The normalized spacial score (nSPS) is 10.0. The summed E-state index contributed by atoms with van der Waals surface area (Å²) in [6.45, 7) is 4.65. The highest BCUT2D eigenvalue weighted by Crippen LogP contribution is 2.28. The van der Waals surface area contributed by atoms with E-state index in [1.807, 2.05) is 62.4 Å². The van der Waals surface area contributed by atoms with E-state index < -0.39 is 0 Å². The van der Waals surface area contributed by atoms with E-state index in [2.05, 4.69) is 0 Å². The molecule has 0 spiro atoms. The third kappa shape index (κ3) is 3.00. The van der Waals surface area contributed by atoms with Gasteiger partial charge in [-0.1, -0.05) is 24.3 Å². The van der Waals surface area contributed by atoms with Gasteiger partial charge in [-0.15, -0.1) is 0 Å². The van der Waals surface area contributed by atoms with E-state index in [4.69, 9.17) is 9.47 Å². The van der Waals surface area contributed by atoms with Crippen LogP contribution in [0.3, 0.4) is 0 Å². The molecule has 2 nitrogen and oxygen atoms in total. The number of aryl methyl sites for hydroxylation is 1. The van der Waals surface area contributed by atoms with E-state index in [1.165, 1.54) is 0 Å². The largest absolute Gasteiger partial charge is 0.494 e. The van der Waals surface area contributed by atoms with Crippen molar-refractivity contribution in [1.82, 2.24) is 0 Å². The summed E-state index contributed by atoms with van der Waals surface area (Å²) >= 11 is 0. The Morgan fingerprint density at radius 3 is 2.41 bits per heavy atom. The maximum absolute atomic E-state index is 5.82. The highest BCUT2D eigenvalue weighted by molar-refractivity contribution is 5.42. The predicted molar refractivity (Wildman–Crippen MR) is 68.9 cm³/mol. The van der Waals surface area contributed by atoms with Crippen LogP contribution in [0.25, 0.3) is 0 Å². The average Bonchev–Trinajstić information content (AvgIpc) is 2.35. The molecular formula is C15H16O2. The number of para-hydroxylation sites is 1. The van der Waals surface area contributed by atoms with Gasteiger partial charge < -0.3 is 9.47 Å². The highest BCUT2D eigenvalue weighted by atomic mass is 16.5. The summed E-state index contributed by atoms with van der Waals surface area (Å²) in [4.78, 5) is 0. The van der Waals surface area contributed by atoms with Crippen molar-refractivity contribution in [2.75, 3.05) is 6.61 Å². The smallest absolute Gasteiger partial charge is 0.134 e. The summed E-state index contributed by atoms with van der Waals surface area (Å²) < 4.78 is 11.3. The van der Waals surface area contributed by atoms with Crippen molar-refractivity contribution in [3.8, 4) is 17.2 Å².